The van der Waals surface area contributed by atoms with Crippen molar-refractivity contribution in [1.29, 1.82) is 0 Å². The van der Waals surface area contributed by atoms with Gasteiger partial charge in [-0.25, -0.2) is 0 Å². The zero-order chi connectivity index (χ0) is 22.5. The number of rotatable bonds is 5. The Balaban J connectivity index is 1.96. The van der Waals surface area contributed by atoms with Gasteiger partial charge < -0.3 is 4.90 Å². The summed E-state index contributed by atoms with van der Waals surface area (Å²) in [5, 5.41) is 21.6. The lowest BCUT2D eigenvalue weighted by molar-refractivity contribution is -0.385. The van der Waals surface area contributed by atoms with Crippen molar-refractivity contribution in [3.63, 3.8) is 0 Å². The maximum Gasteiger partial charge on any atom is 0.269 e. The van der Waals surface area contributed by atoms with E-state index in [1.807, 2.05) is 0 Å². The molecule has 2 aromatic carbocycles. The van der Waals surface area contributed by atoms with Crippen LogP contribution in [0, 0.1) is 20.2 Å². The molecule has 1 amide bonds. The van der Waals surface area contributed by atoms with Crippen molar-refractivity contribution in [3.05, 3.63) is 104 Å². The van der Waals surface area contributed by atoms with Gasteiger partial charge in [0.1, 0.15) is 0 Å². The molecule has 1 heterocycles. The Morgan fingerprint density at radius 2 is 1.23 bits per heavy atom. The molecule has 0 spiro atoms. The lowest BCUT2D eigenvalue weighted by Gasteiger charge is -2.29. The van der Waals surface area contributed by atoms with Gasteiger partial charge in [0, 0.05) is 35.4 Å². The normalized spacial score (nSPS) is 16.4. The van der Waals surface area contributed by atoms with E-state index in [0.29, 0.717) is 22.3 Å². The zero-order valence-electron chi connectivity index (χ0n) is 16.3. The smallest absolute Gasteiger partial charge is 0.269 e. The van der Waals surface area contributed by atoms with E-state index in [2.05, 4.69) is 6.58 Å². The van der Waals surface area contributed by atoms with Gasteiger partial charge in [0.2, 0.25) is 5.91 Å². The second-order valence-electron chi connectivity index (χ2n) is 6.76. The first-order valence-corrected chi connectivity index (χ1v) is 9.14. The second-order valence-corrected chi connectivity index (χ2v) is 6.76. The fourth-order valence-corrected chi connectivity index (χ4v) is 3.11. The number of piperidine rings is 1. The number of hydrogen-bond acceptors (Lipinski definition) is 6. The number of nitro groups is 2. The monoisotopic (exact) mass is 419 g/mol. The largest absolute Gasteiger partial charge is 0.330 e. The summed E-state index contributed by atoms with van der Waals surface area (Å²) in [4.78, 5) is 47.3. The fraction of sp³-hybridized carbons (Fsp3) is 0.0909. The van der Waals surface area contributed by atoms with Crippen LogP contribution in [-0.2, 0) is 9.59 Å². The van der Waals surface area contributed by atoms with Gasteiger partial charge in [-0.3, -0.25) is 29.8 Å². The summed E-state index contributed by atoms with van der Waals surface area (Å²) < 4.78 is 0. The van der Waals surface area contributed by atoms with E-state index in [1.54, 1.807) is 12.2 Å². The van der Waals surface area contributed by atoms with Crippen LogP contribution in [0.5, 0.6) is 0 Å². The number of ketones is 1. The predicted molar refractivity (Wildman–Crippen MR) is 114 cm³/mol. The molecule has 2 aromatic rings. The number of hydrogen-bond donors (Lipinski definition) is 0. The second kappa shape index (κ2) is 8.95. The number of non-ortho nitro benzene ring substituents is 2. The highest BCUT2D eigenvalue weighted by molar-refractivity contribution is 6.15. The van der Waals surface area contributed by atoms with Crippen molar-refractivity contribution in [2.75, 3.05) is 13.1 Å². The minimum Gasteiger partial charge on any atom is -0.330 e. The van der Waals surface area contributed by atoms with Crippen molar-refractivity contribution in [1.82, 2.24) is 4.90 Å². The molecule has 0 atom stereocenters. The molecule has 0 aliphatic carbocycles. The van der Waals surface area contributed by atoms with Crippen LogP contribution in [0.25, 0.3) is 12.2 Å². The Morgan fingerprint density at radius 1 is 0.839 bits per heavy atom. The lowest BCUT2D eigenvalue weighted by Crippen LogP contribution is -2.40. The Hall–Kier alpha value is -4.40. The topological polar surface area (TPSA) is 124 Å². The van der Waals surface area contributed by atoms with Crippen LogP contribution < -0.4 is 0 Å². The first-order valence-electron chi connectivity index (χ1n) is 9.14. The van der Waals surface area contributed by atoms with Crippen molar-refractivity contribution in [2.45, 2.75) is 0 Å². The zero-order valence-corrected chi connectivity index (χ0v) is 16.3. The van der Waals surface area contributed by atoms with E-state index < -0.39 is 9.85 Å². The van der Waals surface area contributed by atoms with E-state index in [0.717, 1.165) is 6.08 Å². The molecule has 1 aliphatic heterocycles. The maximum absolute atomic E-state index is 13.0. The molecule has 1 aliphatic rings. The summed E-state index contributed by atoms with van der Waals surface area (Å²) >= 11 is 0. The molecular weight excluding hydrogens is 402 g/mol. The Kier molecular flexibility index (Phi) is 6.15. The third kappa shape index (κ3) is 4.96. The molecule has 31 heavy (non-hydrogen) atoms. The van der Waals surface area contributed by atoms with Crippen LogP contribution in [0.1, 0.15) is 11.1 Å². The van der Waals surface area contributed by atoms with Crippen molar-refractivity contribution >= 4 is 35.2 Å². The van der Waals surface area contributed by atoms with Crippen LogP contribution in [0.3, 0.4) is 0 Å². The number of benzene rings is 2. The quantitative estimate of drug-likeness (QED) is 0.415. The minimum atomic E-state index is -0.516. The fourth-order valence-electron chi connectivity index (χ4n) is 3.11. The lowest BCUT2D eigenvalue weighted by atomic mass is 9.94. The van der Waals surface area contributed by atoms with Crippen molar-refractivity contribution in [2.24, 2.45) is 0 Å². The first-order chi connectivity index (χ1) is 14.8. The Labute approximate surface area is 176 Å². The van der Waals surface area contributed by atoms with Gasteiger partial charge in [0.15, 0.2) is 5.78 Å². The van der Waals surface area contributed by atoms with E-state index >= 15 is 0 Å². The van der Waals surface area contributed by atoms with Gasteiger partial charge in [0.25, 0.3) is 11.4 Å². The standard InChI is InChI=1S/C22H17N3O6/c1-2-21(26)23-13-17(11-15-3-7-19(8-4-15)24(28)29)22(27)18(14-23)12-16-5-9-20(10-6-16)25(30)31/h2-12H,1,13-14H2/b17-11+,18-12+. The van der Waals surface area contributed by atoms with Gasteiger partial charge in [-0.1, -0.05) is 6.58 Å². The van der Waals surface area contributed by atoms with Gasteiger partial charge in [-0.05, 0) is 53.6 Å². The van der Waals surface area contributed by atoms with Crippen LogP contribution >= 0.6 is 0 Å². The van der Waals surface area contributed by atoms with Gasteiger partial charge in [-0.2, -0.15) is 0 Å². The summed E-state index contributed by atoms with van der Waals surface area (Å²) in [5.74, 6) is -0.624. The highest BCUT2D eigenvalue weighted by Crippen LogP contribution is 2.24. The Bertz CT molecular complexity index is 1050. The third-order valence-electron chi connectivity index (χ3n) is 4.68. The third-order valence-corrected chi connectivity index (χ3v) is 4.68. The molecular formula is C22H17N3O6. The van der Waals surface area contributed by atoms with Gasteiger partial charge in [-0.15, -0.1) is 0 Å². The molecule has 0 N–H and O–H groups in total. The average Bonchev–Trinajstić information content (AvgIpc) is 2.76. The molecule has 3 rings (SSSR count). The molecule has 0 saturated carbocycles. The molecule has 9 heteroatoms. The summed E-state index contributed by atoms with van der Waals surface area (Å²) in [6.07, 6.45) is 4.32. The number of carbonyl (C=O) groups excluding carboxylic acids is 2. The molecule has 1 fully saturated rings. The molecule has 1 saturated heterocycles. The summed E-state index contributed by atoms with van der Waals surface area (Å²) in [5.41, 5.74) is 1.69. The molecule has 0 radical (unpaired) electrons. The van der Waals surface area contributed by atoms with Crippen LogP contribution in [0.15, 0.2) is 72.3 Å². The number of Topliss-reactive ketones (excluding diaryl/α,β-unsaturated/α-hetero) is 1. The van der Waals surface area contributed by atoms with Gasteiger partial charge in [0.05, 0.1) is 22.9 Å². The van der Waals surface area contributed by atoms with Crippen LogP contribution in [0.4, 0.5) is 11.4 Å². The Morgan fingerprint density at radius 3 is 1.55 bits per heavy atom. The van der Waals surface area contributed by atoms with E-state index in [4.69, 9.17) is 0 Å². The molecule has 156 valence electrons. The summed E-state index contributed by atoms with van der Waals surface area (Å²) in [6, 6.07) is 11.4. The number of nitro benzene ring substituents is 2. The highest BCUT2D eigenvalue weighted by atomic mass is 16.6. The molecule has 0 bridgehead atoms. The van der Waals surface area contributed by atoms with E-state index in [-0.39, 0.29) is 36.2 Å². The number of amides is 1. The van der Waals surface area contributed by atoms with Crippen LogP contribution in [0.2, 0.25) is 0 Å². The summed E-state index contributed by atoms with van der Waals surface area (Å²) in [7, 11) is 0. The SMILES string of the molecule is C=CC(=O)N1C/C(=C\c2ccc([N+](=O)[O-])cc2)C(=O)/C(=C/c2ccc([N+](=O)[O-])cc2)C1. The van der Waals surface area contributed by atoms with Gasteiger partial charge >= 0.3 is 0 Å². The summed E-state index contributed by atoms with van der Waals surface area (Å²) in [6.45, 7) is 3.62. The average molecular weight is 419 g/mol. The minimum absolute atomic E-state index is 0.0677. The highest BCUT2D eigenvalue weighted by Gasteiger charge is 2.28. The molecule has 0 unspecified atom stereocenters. The number of carbonyl (C=O) groups is 2. The van der Waals surface area contributed by atoms with E-state index in [1.165, 1.54) is 53.4 Å². The number of likely N-dealkylation sites (tertiary alicyclic amines) is 1. The molecule has 9 nitrogen and oxygen atoms in total. The molecule has 0 aromatic heterocycles. The van der Waals surface area contributed by atoms with Crippen molar-refractivity contribution in [3.8, 4) is 0 Å². The predicted octanol–water partition coefficient (Wildman–Crippen LogP) is 3.57. The van der Waals surface area contributed by atoms with Crippen LogP contribution in [-0.4, -0.2) is 39.5 Å². The van der Waals surface area contributed by atoms with E-state index in [9.17, 15) is 29.8 Å². The maximum atomic E-state index is 13.0. The first kappa shape index (κ1) is 21.3. The number of nitrogens with zero attached hydrogens (tertiary/aromatic N) is 3. The van der Waals surface area contributed by atoms with Crippen molar-refractivity contribution < 1.29 is 19.4 Å².